The Morgan fingerprint density at radius 3 is 2.64 bits per heavy atom. The van der Waals surface area contributed by atoms with Gasteiger partial charge in [0.25, 0.3) is 5.91 Å². The molecule has 1 amide bonds. The van der Waals surface area contributed by atoms with Gasteiger partial charge in [-0.25, -0.2) is 4.39 Å². The molecule has 0 radical (unpaired) electrons. The highest BCUT2D eigenvalue weighted by Gasteiger charge is 2.08. The van der Waals surface area contributed by atoms with Crippen LogP contribution in [0.5, 0.6) is 11.5 Å². The van der Waals surface area contributed by atoms with Crippen molar-refractivity contribution in [2.75, 3.05) is 26.1 Å². The van der Waals surface area contributed by atoms with Crippen molar-refractivity contribution in [3.63, 3.8) is 0 Å². The fraction of sp³-hybridized carbons (Fsp3) is 0.176. The normalized spacial score (nSPS) is 10.6. The van der Waals surface area contributed by atoms with Crippen LogP contribution in [0.1, 0.15) is 5.56 Å². The van der Waals surface area contributed by atoms with Gasteiger partial charge in [0.05, 0.1) is 26.1 Å². The molecule has 2 aromatic carbocycles. The molecule has 0 aromatic heterocycles. The Hall–Kier alpha value is -2.61. The zero-order valence-electron chi connectivity index (χ0n) is 13.6. The first-order valence-electron chi connectivity index (χ1n) is 7.15. The topological polar surface area (TPSA) is 69.2 Å². The van der Waals surface area contributed by atoms with E-state index in [-0.39, 0.29) is 12.3 Å². The lowest BCUT2D eigenvalue weighted by atomic mass is 10.2. The van der Waals surface area contributed by atoms with Gasteiger partial charge >= 0.3 is 0 Å². The maximum absolute atomic E-state index is 13.6. The lowest BCUT2D eigenvalue weighted by Gasteiger charge is -2.07. The lowest BCUT2D eigenvalue weighted by Crippen LogP contribution is -2.17. The first-order valence-corrected chi connectivity index (χ1v) is 7.95. The van der Waals surface area contributed by atoms with Crippen LogP contribution in [0.3, 0.4) is 0 Å². The van der Waals surface area contributed by atoms with E-state index in [4.69, 9.17) is 14.3 Å². The Labute approximate surface area is 152 Å². The van der Waals surface area contributed by atoms with Crippen molar-refractivity contribution in [3.8, 4) is 11.5 Å². The number of carbonyl (C=O) groups excluding carboxylic acids is 1. The van der Waals surface area contributed by atoms with E-state index in [1.54, 1.807) is 31.4 Å². The van der Waals surface area contributed by atoms with E-state index in [0.29, 0.717) is 21.5 Å². The number of hydrogen-bond acceptors (Lipinski definition) is 5. The summed E-state index contributed by atoms with van der Waals surface area (Å²) in [6, 6.07) is 9.52. The number of methoxy groups -OCH3 is 2. The molecular formula is C17H16BrFN2O4. The van der Waals surface area contributed by atoms with Gasteiger partial charge in [-0.05, 0) is 36.4 Å². The fourth-order valence-electron chi connectivity index (χ4n) is 1.90. The summed E-state index contributed by atoms with van der Waals surface area (Å²) in [5.74, 6) is 0.0774. The second-order valence-corrected chi connectivity index (χ2v) is 5.71. The Balaban J connectivity index is 1.87. The molecule has 132 valence electrons. The highest BCUT2D eigenvalue weighted by atomic mass is 79.9. The maximum atomic E-state index is 13.6. The lowest BCUT2D eigenvalue weighted by molar-refractivity contribution is -0.120. The van der Waals surface area contributed by atoms with Crippen LogP contribution >= 0.6 is 15.9 Å². The van der Waals surface area contributed by atoms with E-state index in [1.807, 2.05) is 0 Å². The van der Waals surface area contributed by atoms with Crippen molar-refractivity contribution in [3.05, 3.63) is 52.3 Å². The number of benzene rings is 2. The van der Waals surface area contributed by atoms with Gasteiger partial charge in [0.1, 0.15) is 5.82 Å². The molecule has 0 saturated heterocycles. The van der Waals surface area contributed by atoms with Crippen LogP contribution in [-0.2, 0) is 9.63 Å². The fourth-order valence-corrected chi connectivity index (χ4v) is 2.24. The monoisotopic (exact) mass is 410 g/mol. The first-order chi connectivity index (χ1) is 12.0. The third kappa shape index (κ3) is 5.46. The molecule has 0 heterocycles. The van der Waals surface area contributed by atoms with Crippen LogP contribution in [0.15, 0.2) is 46.0 Å². The van der Waals surface area contributed by atoms with Gasteiger partial charge < -0.3 is 19.6 Å². The Kier molecular flexibility index (Phi) is 6.76. The van der Waals surface area contributed by atoms with Crippen molar-refractivity contribution >= 4 is 33.7 Å². The summed E-state index contributed by atoms with van der Waals surface area (Å²) < 4.78 is 24.5. The summed E-state index contributed by atoms with van der Waals surface area (Å²) in [4.78, 5) is 16.6. The second-order valence-electron chi connectivity index (χ2n) is 4.79. The molecule has 1 N–H and O–H groups in total. The SMILES string of the molecule is COc1ccc(/C=N\OCC(=O)Nc2ccc(Br)cc2F)cc1OC. The van der Waals surface area contributed by atoms with E-state index < -0.39 is 11.7 Å². The predicted octanol–water partition coefficient (Wildman–Crippen LogP) is 3.59. The van der Waals surface area contributed by atoms with Crippen LogP contribution < -0.4 is 14.8 Å². The average Bonchev–Trinajstić information content (AvgIpc) is 2.61. The van der Waals surface area contributed by atoms with Gasteiger partial charge in [0, 0.05) is 10.0 Å². The van der Waals surface area contributed by atoms with Gasteiger partial charge in [-0.3, -0.25) is 4.79 Å². The summed E-state index contributed by atoms with van der Waals surface area (Å²) in [5, 5.41) is 6.11. The number of nitrogens with zero attached hydrogens (tertiary/aromatic N) is 1. The van der Waals surface area contributed by atoms with Crippen molar-refractivity contribution in [2.24, 2.45) is 5.16 Å². The van der Waals surface area contributed by atoms with Gasteiger partial charge in [0.2, 0.25) is 0 Å². The summed E-state index contributed by atoms with van der Waals surface area (Å²) in [7, 11) is 3.07. The molecule has 0 unspecified atom stereocenters. The molecule has 0 aliphatic heterocycles. The summed E-state index contributed by atoms with van der Waals surface area (Å²) in [6.07, 6.45) is 1.43. The standard InChI is InChI=1S/C17H16BrFN2O4/c1-23-15-6-3-11(7-16(15)24-2)9-20-25-10-17(22)21-14-5-4-12(18)8-13(14)19/h3-9H,10H2,1-2H3,(H,21,22)/b20-9-. The van der Waals surface area contributed by atoms with Crippen molar-refractivity contribution < 1.29 is 23.5 Å². The number of anilines is 1. The molecule has 2 aromatic rings. The Morgan fingerprint density at radius 2 is 1.96 bits per heavy atom. The van der Waals surface area contributed by atoms with Gasteiger partial charge in [-0.1, -0.05) is 21.1 Å². The number of ether oxygens (including phenoxy) is 2. The van der Waals surface area contributed by atoms with Crippen LogP contribution in [0.2, 0.25) is 0 Å². The molecule has 25 heavy (non-hydrogen) atoms. The molecule has 0 bridgehead atoms. The molecule has 6 nitrogen and oxygen atoms in total. The van der Waals surface area contributed by atoms with E-state index in [9.17, 15) is 9.18 Å². The summed E-state index contributed by atoms with van der Waals surface area (Å²) in [6.45, 7) is -0.348. The maximum Gasteiger partial charge on any atom is 0.265 e. The highest BCUT2D eigenvalue weighted by molar-refractivity contribution is 9.10. The van der Waals surface area contributed by atoms with E-state index in [1.165, 1.54) is 25.5 Å². The van der Waals surface area contributed by atoms with Crippen LogP contribution in [0.25, 0.3) is 0 Å². The molecule has 0 atom stereocenters. The number of carbonyl (C=O) groups is 1. The zero-order valence-corrected chi connectivity index (χ0v) is 15.2. The molecule has 0 aliphatic rings. The minimum absolute atomic E-state index is 0.0701. The Bertz CT molecular complexity index is 783. The average molecular weight is 411 g/mol. The number of hydrogen-bond donors (Lipinski definition) is 1. The van der Waals surface area contributed by atoms with Gasteiger partial charge in [-0.15, -0.1) is 0 Å². The van der Waals surface area contributed by atoms with Crippen molar-refractivity contribution in [2.45, 2.75) is 0 Å². The van der Waals surface area contributed by atoms with Crippen LogP contribution in [0.4, 0.5) is 10.1 Å². The molecule has 0 spiro atoms. The van der Waals surface area contributed by atoms with Crippen molar-refractivity contribution in [1.82, 2.24) is 0 Å². The molecule has 0 fully saturated rings. The van der Waals surface area contributed by atoms with E-state index in [2.05, 4.69) is 26.4 Å². The minimum atomic E-state index is -0.545. The number of amides is 1. The number of rotatable bonds is 7. The van der Waals surface area contributed by atoms with E-state index >= 15 is 0 Å². The van der Waals surface area contributed by atoms with Gasteiger partial charge in [-0.2, -0.15) is 0 Å². The number of nitrogens with one attached hydrogen (secondary N) is 1. The molecular weight excluding hydrogens is 395 g/mol. The van der Waals surface area contributed by atoms with Gasteiger partial charge in [0.15, 0.2) is 18.1 Å². The smallest absolute Gasteiger partial charge is 0.265 e. The first kappa shape index (κ1) is 18.7. The number of oxime groups is 1. The van der Waals surface area contributed by atoms with E-state index in [0.717, 1.165) is 0 Å². The molecule has 8 heteroatoms. The second kappa shape index (κ2) is 9.03. The Morgan fingerprint density at radius 1 is 1.20 bits per heavy atom. The van der Waals surface area contributed by atoms with Crippen LogP contribution in [0, 0.1) is 5.82 Å². The largest absolute Gasteiger partial charge is 0.493 e. The molecule has 0 aliphatic carbocycles. The number of halogens is 2. The highest BCUT2D eigenvalue weighted by Crippen LogP contribution is 2.26. The van der Waals surface area contributed by atoms with Crippen LogP contribution in [-0.4, -0.2) is 32.9 Å². The third-order valence-corrected chi connectivity index (χ3v) is 3.58. The third-order valence-electron chi connectivity index (χ3n) is 3.08. The summed E-state index contributed by atoms with van der Waals surface area (Å²) in [5.41, 5.74) is 0.776. The predicted molar refractivity (Wildman–Crippen MR) is 95.8 cm³/mol. The zero-order chi connectivity index (χ0) is 18.2. The quantitative estimate of drug-likeness (QED) is 0.559. The van der Waals surface area contributed by atoms with Crippen molar-refractivity contribution in [1.29, 1.82) is 0 Å². The summed E-state index contributed by atoms with van der Waals surface area (Å²) >= 11 is 3.14. The minimum Gasteiger partial charge on any atom is -0.493 e. The molecule has 2 rings (SSSR count). The molecule has 0 saturated carbocycles.